The van der Waals surface area contributed by atoms with Gasteiger partial charge in [0.2, 0.25) is 5.91 Å². The molecule has 0 saturated carbocycles. The first-order chi connectivity index (χ1) is 12.4. The number of carbonyl (C=O) groups is 3. The fraction of sp³-hybridized carbons (Fsp3) is 0.294. The van der Waals surface area contributed by atoms with Crippen LogP contribution in [0, 0.1) is 0 Å². The van der Waals surface area contributed by atoms with Crippen LogP contribution >= 0.6 is 35.7 Å². The molecule has 0 radical (unpaired) electrons. The Bertz CT molecular complexity index is 737. The lowest BCUT2D eigenvalue weighted by molar-refractivity contribution is -0.142. The van der Waals surface area contributed by atoms with Crippen LogP contribution in [-0.2, 0) is 14.4 Å². The monoisotopic (exact) mass is 410 g/mol. The first-order valence-electron chi connectivity index (χ1n) is 7.74. The van der Waals surface area contributed by atoms with Crippen molar-refractivity contribution < 1.29 is 19.5 Å². The van der Waals surface area contributed by atoms with E-state index in [1.54, 1.807) is 6.08 Å². The van der Waals surface area contributed by atoms with Gasteiger partial charge in [-0.05, 0) is 30.1 Å². The van der Waals surface area contributed by atoms with Crippen LogP contribution in [0.4, 0.5) is 0 Å². The number of benzene rings is 1. The number of thiocarbonyl (C=S) groups is 1. The van der Waals surface area contributed by atoms with Crippen molar-refractivity contribution >= 4 is 63.9 Å². The van der Waals surface area contributed by atoms with E-state index < -0.39 is 17.9 Å². The third-order valence-corrected chi connectivity index (χ3v) is 5.54. The van der Waals surface area contributed by atoms with Crippen molar-refractivity contribution in [2.45, 2.75) is 12.5 Å². The fourth-order valence-electron chi connectivity index (χ4n) is 2.21. The number of hydrogen-bond donors (Lipinski definition) is 2. The lowest BCUT2D eigenvalue weighted by Gasteiger charge is -2.17. The Hall–Kier alpha value is -1.84. The van der Waals surface area contributed by atoms with E-state index in [1.807, 2.05) is 36.6 Å². The summed E-state index contributed by atoms with van der Waals surface area (Å²) in [4.78, 5) is 37.5. The van der Waals surface area contributed by atoms with Gasteiger partial charge in [-0.15, -0.1) is 0 Å². The lowest BCUT2D eigenvalue weighted by Crippen LogP contribution is -2.46. The summed E-state index contributed by atoms with van der Waals surface area (Å²) in [5, 5.41) is 11.6. The molecule has 9 heteroatoms. The zero-order valence-corrected chi connectivity index (χ0v) is 16.5. The highest BCUT2D eigenvalue weighted by Crippen LogP contribution is 2.32. The van der Waals surface area contributed by atoms with Crippen LogP contribution in [-0.4, -0.2) is 56.7 Å². The molecule has 2 rings (SSSR count). The van der Waals surface area contributed by atoms with Crippen molar-refractivity contribution in [2.75, 3.05) is 18.6 Å². The predicted octanol–water partition coefficient (Wildman–Crippen LogP) is 2.21. The van der Waals surface area contributed by atoms with Crippen LogP contribution in [0.15, 0.2) is 35.2 Å². The number of carboxylic acids is 1. The third-order valence-electron chi connectivity index (χ3n) is 3.52. The molecule has 1 unspecified atom stereocenters. The maximum Gasteiger partial charge on any atom is 0.326 e. The molecule has 26 heavy (non-hydrogen) atoms. The van der Waals surface area contributed by atoms with Gasteiger partial charge in [0, 0.05) is 0 Å². The van der Waals surface area contributed by atoms with E-state index in [0.29, 0.717) is 17.1 Å². The average Bonchev–Trinajstić information content (AvgIpc) is 2.86. The van der Waals surface area contributed by atoms with E-state index in [1.165, 1.54) is 16.7 Å². The van der Waals surface area contributed by atoms with Crippen LogP contribution in [0.2, 0.25) is 0 Å². The van der Waals surface area contributed by atoms with Crippen molar-refractivity contribution in [2.24, 2.45) is 0 Å². The molecule has 1 saturated heterocycles. The highest BCUT2D eigenvalue weighted by atomic mass is 32.2. The summed E-state index contributed by atoms with van der Waals surface area (Å²) in [6.07, 6.45) is 3.89. The molecular formula is C17H18N2O4S3. The highest BCUT2D eigenvalue weighted by molar-refractivity contribution is 8.26. The summed E-state index contributed by atoms with van der Waals surface area (Å²) in [7, 11) is 0. The van der Waals surface area contributed by atoms with Crippen LogP contribution in [0.5, 0.6) is 0 Å². The van der Waals surface area contributed by atoms with Gasteiger partial charge < -0.3 is 10.4 Å². The molecule has 0 bridgehead atoms. The number of carboxylic acid groups (broad SMARTS) is 1. The van der Waals surface area contributed by atoms with E-state index in [-0.39, 0.29) is 16.8 Å². The molecule has 6 nitrogen and oxygen atoms in total. The van der Waals surface area contributed by atoms with Crippen molar-refractivity contribution in [1.82, 2.24) is 10.2 Å². The second kappa shape index (κ2) is 9.75. The number of hydrogen-bond acceptors (Lipinski definition) is 6. The van der Waals surface area contributed by atoms with Crippen LogP contribution < -0.4 is 5.32 Å². The molecule has 1 atom stereocenters. The second-order valence-corrected chi connectivity index (χ2v) is 8.08. The number of nitrogens with one attached hydrogen (secondary N) is 1. The summed E-state index contributed by atoms with van der Waals surface area (Å²) >= 11 is 7.82. The average molecular weight is 411 g/mol. The third kappa shape index (κ3) is 5.58. The Labute approximate surface area is 165 Å². The molecule has 2 amide bonds. The number of rotatable bonds is 8. The van der Waals surface area contributed by atoms with Gasteiger partial charge in [0.05, 0.1) is 4.91 Å². The van der Waals surface area contributed by atoms with Crippen molar-refractivity contribution in [3.8, 4) is 0 Å². The van der Waals surface area contributed by atoms with Gasteiger partial charge >= 0.3 is 5.97 Å². The van der Waals surface area contributed by atoms with Gasteiger partial charge in [-0.25, -0.2) is 4.79 Å². The van der Waals surface area contributed by atoms with E-state index in [4.69, 9.17) is 12.2 Å². The van der Waals surface area contributed by atoms with E-state index >= 15 is 0 Å². The van der Waals surface area contributed by atoms with Gasteiger partial charge in [-0.3, -0.25) is 14.5 Å². The summed E-state index contributed by atoms with van der Waals surface area (Å²) in [6.45, 7) is -0.292. The standard InChI is InChI=1S/C17H18N2O4S3/c1-25-8-7-12(16(22)23)18-14(20)10-19-15(21)13(26-17(19)24)9-11-5-3-2-4-6-11/h2-6,9,12H,7-8,10H2,1H3,(H,18,20)(H,22,23)/b13-9-. The lowest BCUT2D eigenvalue weighted by atomic mass is 10.2. The molecule has 1 aliphatic rings. The topological polar surface area (TPSA) is 86.7 Å². The Morgan fingerprint density at radius 1 is 1.38 bits per heavy atom. The highest BCUT2D eigenvalue weighted by Gasteiger charge is 2.34. The fourth-order valence-corrected chi connectivity index (χ4v) is 3.94. The molecule has 0 aromatic heterocycles. The normalized spacial score (nSPS) is 16.8. The number of carbonyl (C=O) groups excluding carboxylic acids is 2. The summed E-state index contributed by atoms with van der Waals surface area (Å²) in [5.74, 6) is -1.38. The molecule has 138 valence electrons. The van der Waals surface area contributed by atoms with E-state index in [9.17, 15) is 19.5 Å². The van der Waals surface area contributed by atoms with Gasteiger partial charge in [-0.2, -0.15) is 11.8 Å². The Morgan fingerprint density at radius 2 is 2.08 bits per heavy atom. The van der Waals surface area contributed by atoms with Crippen molar-refractivity contribution in [1.29, 1.82) is 0 Å². The molecule has 0 spiro atoms. The van der Waals surface area contributed by atoms with Crippen LogP contribution in [0.3, 0.4) is 0 Å². The zero-order valence-electron chi connectivity index (χ0n) is 14.0. The molecule has 1 heterocycles. The Kier molecular flexibility index (Phi) is 7.67. The van der Waals surface area contributed by atoms with Crippen LogP contribution in [0.25, 0.3) is 6.08 Å². The van der Waals surface area contributed by atoms with E-state index in [0.717, 1.165) is 17.3 Å². The minimum atomic E-state index is -1.10. The van der Waals surface area contributed by atoms with E-state index in [2.05, 4.69) is 5.32 Å². The number of nitrogens with zero attached hydrogens (tertiary/aromatic N) is 1. The van der Waals surface area contributed by atoms with Gasteiger partial charge in [0.1, 0.15) is 16.9 Å². The summed E-state index contributed by atoms with van der Waals surface area (Å²) < 4.78 is 0.281. The Balaban J connectivity index is 2.01. The van der Waals surface area contributed by atoms with Gasteiger partial charge in [-0.1, -0.05) is 54.3 Å². The van der Waals surface area contributed by atoms with Gasteiger partial charge in [0.15, 0.2) is 0 Å². The molecule has 1 fully saturated rings. The Morgan fingerprint density at radius 3 is 2.69 bits per heavy atom. The zero-order chi connectivity index (χ0) is 19.1. The second-order valence-electron chi connectivity index (χ2n) is 5.42. The largest absolute Gasteiger partial charge is 0.480 e. The maximum absolute atomic E-state index is 12.5. The number of aliphatic carboxylic acids is 1. The quantitative estimate of drug-likeness (QED) is 0.502. The van der Waals surface area contributed by atoms with Crippen molar-refractivity contribution in [3.63, 3.8) is 0 Å². The smallest absolute Gasteiger partial charge is 0.326 e. The maximum atomic E-state index is 12.5. The minimum Gasteiger partial charge on any atom is -0.480 e. The summed E-state index contributed by atoms with van der Waals surface area (Å²) in [5.41, 5.74) is 0.862. The molecule has 1 aromatic rings. The SMILES string of the molecule is CSCCC(NC(=O)CN1C(=O)/C(=C/c2ccccc2)SC1=S)C(=O)O. The molecule has 0 aliphatic carbocycles. The predicted molar refractivity (Wildman–Crippen MR) is 109 cm³/mol. The van der Waals surface area contributed by atoms with Crippen molar-refractivity contribution in [3.05, 3.63) is 40.8 Å². The molecule has 1 aliphatic heterocycles. The number of thioether (sulfide) groups is 2. The molecular weight excluding hydrogens is 392 g/mol. The first kappa shape index (κ1) is 20.5. The molecule has 2 N–H and O–H groups in total. The van der Waals surface area contributed by atoms with Crippen LogP contribution in [0.1, 0.15) is 12.0 Å². The summed E-state index contributed by atoms with van der Waals surface area (Å²) in [6, 6.07) is 8.35. The first-order valence-corrected chi connectivity index (χ1v) is 10.4. The minimum absolute atomic E-state index is 0.281. The number of amides is 2. The molecule has 1 aromatic carbocycles. The van der Waals surface area contributed by atoms with Gasteiger partial charge in [0.25, 0.3) is 5.91 Å².